The molecule has 3 nitrogen and oxygen atoms in total. The van der Waals surface area contributed by atoms with E-state index in [0.29, 0.717) is 11.1 Å². The van der Waals surface area contributed by atoms with Gasteiger partial charge in [0.2, 0.25) is 0 Å². The van der Waals surface area contributed by atoms with Crippen molar-refractivity contribution in [1.82, 2.24) is 4.98 Å². The summed E-state index contributed by atoms with van der Waals surface area (Å²) in [7, 11) is 0. The van der Waals surface area contributed by atoms with Gasteiger partial charge < -0.3 is 5.11 Å². The van der Waals surface area contributed by atoms with Gasteiger partial charge in [-0.25, -0.2) is 9.18 Å². The van der Waals surface area contributed by atoms with E-state index in [0.717, 1.165) is 11.8 Å². The number of rotatable bonds is 2. The van der Waals surface area contributed by atoms with Gasteiger partial charge in [0.1, 0.15) is 5.82 Å². The Bertz CT molecular complexity index is 581. The molecule has 17 heavy (non-hydrogen) atoms. The highest BCUT2D eigenvalue weighted by molar-refractivity contribution is 5.96. The Morgan fingerprint density at radius 3 is 2.71 bits per heavy atom. The maximum absolute atomic E-state index is 13.1. The number of hydrogen-bond donors (Lipinski definition) is 1. The number of pyridine rings is 1. The van der Waals surface area contributed by atoms with E-state index in [1.54, 1.807) is 25.1 Å². The number of nitrogens with zero attached hydrogens (tertiary/aromatic N) is 1. The summed E-state index contributed by atoms with van der Waals surface area (Å²) >= 11 is 0. The second kappa shape index (κ2) is 4.33. The molecule has 1 heterocycles. The molecular formula is C13H10FNO2. The maximum Gasteiger partial charge on any atom is 0.336 e. The molecular weight excluding hydrogens is 221 g/mol. The summed E-state index contributed by atoms with van der Waals surface area (Å²) in [5.74, 6) is -1.52. The van der Waals surface area contributed by atoms with Crippen molar-refractivity contribution in [3.8, 4) is 11.1 Å². The fourth-order valence-corrected chi connectivity index (χ4v) is 1.65. The van der Waals surface area contributed by atoms with Crippen LogP contribution in [0.3, 0.4) is 0 Å². The number of aromatic nitrogens is 1. The standard InChI is InChI=1S/C13H10FNO2/c1-8-2-3-11(12(4-8)13(16)17)9-5-10(14)7-15-6-9/h2-7H,1H3,(H,16,17). The number of carbonyl (C=O) groups is 1. The van der Waals surface area contributed by atoms with Crippen LogP contribution in [0, 0.1) is 12.7 Å². The van der Waals surface area contributed by atoms with Gasteiger partial charge in [-0.2, -0.15) is 0 Å². The second-order valence-corrected chi connectivity index (χ2v) is 3.75. The average molecular weight is 231 g/mol. The number of aromatic carboxylic acids is 1. The van der Waals surface area contributed by atoms with Crippen molar-refractivity contribution in [3.63, 3.8) is 0 Å². The molecule has 1 N–H and O–H groups in total. The summed E-state index contributed by atoms with van der Waals surface area (Å²) in [6, 6.07) is 6.27. The van der Waals surface area contributed by atoms with Crippen LogP contribution < -0.4 is 0 Å². The van der Waals surface area contributed by atoms with Gasteiger partial charge in [0.15, 0.2) is 0 Å². The summed E-state index contributed by atoms with van der Waals surface area (Å²) < 4.78 is 13.1. The Labute approximate surface area is 97.6 Å². The lowest BCUT2D eigenvalue weighted by atomic mass is 9.99. The molecule has 1 aromatic carbocycles. The summed E-state index contributed by atoms with van der Waals surface area (Å²) in [5, 5.41) is 9.11. The van der Waals surface area contributed by atoms with E-state index in [1.165, 1.54) is 12.3 Å². The molecule has 0 fully saturated rings. The van der Waals surface area contributed by atoms with Gasteiger partial charge in [-0.05, 0) is 24.6 Å². The van der Waals surface area contributed by atoms with Crippen LogP contribution in [0.15, 0.2) is 36.7 Å². The molecule has 0 aliphatic carbocycles. The molecule has 1 aromatic heterocycles. The van der Waals surface area contributed by atoms with Gasteiger partial charge in [-0.15, -0.1) is 0 Å². The monoisotopic (exact) mass is 231 g/mol. The molecule has 0 saturated heterocycles. The summed E-state index contributed by atoms with van der Waals surface area (Å²) in [6.45, 7) is 1.81. The van der Waals surface area contributed by atoms with E-state index in [4.69, 9.17) is 5.11 Å². The lowest BCUT2D eigenvalue weighted by Crippen LogP contribution is -2.00. The van der Waals surface area contributed by atoms with E-state index in [2.05, 4.69) is 4.98 Å². The third-order valence-electron chi connectivity index (χ3n) is 2.42. The van der Waals surface area contributed by atoms with Gasteiger partial charge in [-0.3, -0.25) is 4.98 Å². The van der Waals surface area contributed by atoms with Crippen LogP contribution in [-0.2, 0) is 0 Å². The van der Waals surface area contributed by atoms with Gasteiger partial charge in [0.05, 0.1) is 11.8 Å². The van der Waals surface area contributed by atoms with Crippen LogP contribution in [0.1, 0.15) is 15.9 Å². The average Bonchev–Trinajstić information content (AvgIpc) is 2.28. The fourth-order valence-electron chi connectivity index (χ4n) is 1.65. The molecule has 86 valence electrons. The molecule has 0 atom stereocenters. The van der Waals surface area contributed by atoms with Gasteiger partial charge in [-0.1, -0.05) is 17.7 Å². The molecule has 0 aliphatic heterocycles. The Hall–Kier alpha value is -2.23. The zero-order valence-electron chi connectivity index (χ0n) is 9.14. The van der Waals surface area contributed by atoms with E-state index in [1.807, 2.05) is 0 Å². The van der Waals surface area contributed by atoms with Crippen molar-refractivity contribution < 1.29 is 14.3 Å². The van der Waals surface area contributed by atoms with Crippen molar-refractivity contribution >= 4 is 5.97 Å². The highest BCUT2D eigenvalue weighted by Gasteiger charge is 2.12. The highest BCUT2D eigenvalue weighted by atomic mass is 19.1. The molecule has 2 rings (SSSR count). The van der Waals surface area contributed by atoms with Gasteiger partial charge in [0, 0.05) is 11.8 Å². The zero-order chi connectivity index (χ0) is 12.4. The minimum Gasteiger partial charge on any atom is -0.478 e. The largest absolute Gasteiger partial charge is 0.478 e. The van der Waals surface area contributed by atoms with E-state index in [-0.39, 0.29) is 5.56 Å². The molecule has 2 aromatic rings. The van der Waals surface area contributed by atoms with Crippen LogP contribution in [0.4, 0.5) is 4.39 Å². The molecule has 0 bridgehead atoms. The second-order valence-electron chi connectivity index (χ2n) is 3.75. The Balaban J connectivity index is 2.63. The quantitative estimate of drug-likeness (QED) is 0.864. The number of carboxylic acids is 1. The summed E-state index contributed by atoms with van der Waals surface area (Å²) in [5.41, 5.74) is 1.92. The number of carboxylic acid groups (broad SMARTS) is 1. The number of benzene rings is 1. The van der Waals surface area contributed by atoms with Crippen LogP contribution in [0.5, 0.6) is 0 Å². The van der Waals surface area contributed by atoms with Crippen LogP contribution in [0.2, 0.25) is 0 Å². The van der Waals surface area contributed by atoms with Crippen molar-refractivity contribution in [2.45, 2.75) is 6.92 Å². The predicted molar refractivity (Wildman–Crippen MR) is 61.3 cm³/mol. The first kappa shape index (κ1) is 11.3. The number of aryl methyl sites for hydroxylation is 1. The van der Waals surface area contributed by atoms with E-state index >= 15 is 0 Å². The van der Waals surface area contributed by atoms with Crippen molar-refractivity contribution in [1.29, 1.82) is 0 Å². The first-order valence-corrected chi connectivity index (χ1v) is 5.03. The highest BCUT2D eigenvalue weighted by Crippen LogP contribution is 2.24. The van der Waals surface area contributed by atoms with E-state index < -0.39 is 11.8 Å². The first-order valence-electron chi connectivity index (χ1n) is 5.03. The predicted octanol–water partition coefficient (Wildman–Crippen LogP) is 2.89. The minimum absolute atomic E-state index is 0.150. The molecule has 0 radical (unpaired) electrons. The third kappa shape index (κ3) is 2.30. The van der Waals surface area contributed by atoms with Crippen molar-refractivity contribution in [3.05, 3.63) is 53.6 Å². The topological polar surface area (TPSA) is 50.2 Å². The molecule has 0 aliphatic rings. The zero-order valence-corrected chi connectivity index (χ0v) is 9.14. The number of halogens is 1. The van der Waals surface area contributed by atoms with E-state index in [9.17, 15) is 9.18 Å². The SMILES string of the molecule is Cc1ccc(-c2cncc(F)c2)c(C(=O)O)c1. The molecule has 4 heteroatoms. The maximum atomic E-state index is 13.1. The van der Waals surface area contributed by atoms with Crippen LogP contribution in [-0.4, -0.2) is 16.1 Å². The van der Waals surface area contributed by atoms with Crippen LogP contribution in [0.25, 0.3) is 11.1 Å². The van der Waals surface area contributed by atoms with Gasteiger partial charge >= 0.3 is 5.97 Å². The van der Waals surface area contributed by atoms with Crippen molar-refractivity contribution in [2.75, 3.05) is 0 Å². The number of hydrogen-bond acceptors (Lipinski definition) is 2. The third-order valence-corrected chi connectivity index (χ3v) is 2.42. The smallest absolute Gasteiger partial charge is 0.336 e. The van der Waals surface area contributed by atoms with Gasteiger partial charge in [0.25, 0.3) is 0 Å². The minimum atomic E-state index is -1.03. The first-order chi connectivity index (χ1) is 8.08. The molecule has 0 unspecified atom stereocenters. The summed E-state index contributed by atoms with van der Waals surface area (Å²) in [6.07, 6.45) is 2.53. The molecule has 0 spiro atoms. The molecule has 0 amide bonds. The lowest BCUT2D eigenvalue weighted by Gasteiger charge is -2.07. The molecule has 0 saturated carbocycles. The van der Waals surface area contributed by atoms with Crippen LogP contribution >= 0.6 is 0 Å². The fraction of sp³-hybridized carbons (Fsp3) is 0.0769. The Morgan fingerprint density at radius 2 is 2.06 bits per heavy atom. The normalized spacial score (nSPS) is 10.2. The summed E-state index contributed by atoms with van der Waals surface area (Å²) in [4.78, 5) is 14.8. The lowest BCUT2D eigenvalue weighted by molar-refractivity contribution is 0.0697. The van der Waals surface area contributed by atoms with Crippen molar-refractivity contribution in [2.24, 2.45) is 0 Å². The Kier molecular flexibility index (Phi) is 2.87. The Morgan fingerprint density at radius 1 is 1.29 bits per heavy atom.